The van der Waals surface area contributed by atoms with Gasteiger partial charge in [0.05, 0.1) is 11.4 Å². The van der Waals surface area contributed by atoms with Crippen LogP contribution in [0.2, 0.25) is 0 Å². The van der Waals surface area contributed by atoms with Crippen molar-refractivity contribution in [3.05, 3.63) is 66.1 Å². The highest BCUT2D eigenvalue weighted by molar-refractivity contribution is 5.60. The van der Waals surface area contributed by atoms with E-state index < -0.39 is 5.60 Å². The van der Waals surface area contributed by atoms with Crippen LogP contribution in [0.5, 0.6) is 0 Å². The number of nitrogens with two attached hydrogens (primary N) is 1. The molecule has 0 fully saturated rings. The molecule has 3 N–H and O–H groups in total. The number of ether oxygens (including phenoxy) is 1. The Morgan fingerprint density at radius 2 is 1.91 bits per heavy atom. The van der Waals surface area contributed by atoms with Gasteiger partial charge in [-0.05, 0) is 24.6 Å². The van der Waals surface area contributed by atoms with E-state index in [0.29, 0.717) is 0 Å². The maximum absolute atomic E-state index is 5.91. The number of nitrogens with zero attached hydrogens (tertiary/aromatic N) is 2. The van der Waals surface area contributed by atoms with Crippen molar-refractivity contribution in [2.75, 3.05) is 12.8 Å². The van der Waals surface area contributed by atoms with Crippen LogP contribution in [0, 0.1) is 0 Å². The summed E-state index contributed by atoms with van der Waals surface area (Å²) in [5, 5.41) is 0. The van der Waals surface area contributed by atoms with Gasteiger partial charge in [-0.15, -0.1) is 0 Å². The van der Waals surface area contributed by atoms with Crippen molar-refractivity contribution >= 4 is 5.95 Å². The maximum Gasteiger partial charge on any atom is 0.220 e. The summed E-state index contributed by atoms with van der Waals surface area (Å²) < 4.78 is 5.78. The van der Waals surface area contributed by atoms with E-state index in [0.717, 1.165) is 22.5 Å². The number of hydrogen-bond acceptors (Lipinski definition) is 4. The minimum Gasteiger partial charge on any atom is -0.368 e. The molecule has 0 aliphatic heterocycles. The van der Waals surface area contributed by atoms with Crippen LogP contribution < -0.4 is 5.73 Å². The molecule has 1 atom stereocenters. The Hall–Kier alpha value is -2.66. The Labute approximate surface area is 129 Å². The molecule has 0 amide bonds. The normalized spacial score (nSPS) is 13.7. The fourth-order valence-electron chi connectivity index (χ4n) is 2.47. The lowest BCUT2D eigenvalue weighted by molar-refractivity contribution is 0.0354. The smallest absolute Gasteiger partial charge is 0.220 e. The number of aromatic amines is 1. The predicted molar refractivity (Wildman–Crippen MR) is 86.1 cm³/mol. The van der Waals surface area contributed by atoms with Crippen LogP contribution in [0.25, 0.3) is 11.3 Å². The van der Waals surface area contributed by atoms with Crippen molar-refractivity contribution < 1.29 is 4.74 Å². The van der Waals surface area contributed by atoms with Gasteiger partial charge in [-0.25, -0.2) is 9.97 Å². The second-order valence-electron chi connectivity index (χ2n) is 5.20. The quantitative estimate of drug-likeness (QED) is 0.775. The first-order chi connectivity index (χ1) is 10.6. The van der Waals surface area contributed by atoms with Crippen LogP contribution in [-0.2, 0) is 10.3 Å². The van der Waals surface area contributed by atoms with Gasteiger partial charge in [-0.2, -0.15) is 0 Å². The van der Waals surface area contributed by atoms with E-state index >= 15 is 0 Å². The van der Waals surface area contributed by atoms with Crippen molar-refractivity contribution in [3.63, 3.8) is 0 Å². The number of anilines is 1. The first-order valence-corrected chi connectivity index (χ1v) is 7.02. The van der Waals surface area contributed by atoms with Crippen LogP contribution in [0.1, 0.15) is 18.2 Å². The third-order valence-corrected chi connectivity index (χ3v) is 3.86. The minimum absolute atomic E-state index is 0.230. The number of H-pyrrole nitrogens is 1. The number of rotatable bonds is 4. The van der Waals surface area contributed by atoms with Gasteiger partial charge >= 0.3 is 0 Å². The Morgan fingerprint density at radius 1 is 1.14 bits per heavy atom. The average Bonchev–Trinajstić information content (AvgIpc) is 3.09. The van der Waals surface area contributed by atoms with E-state index in [-0.39, 0.29) is 5.95 Å². The van der Waals surface area contributed by atoms with Crippen molar-refractivity contribution in [2.24, 2.45) is 0 Å². The van der Waals surface area contributed by atoms with Gasteiger partial charge in [0.2, 0.25) is 5.95 Å². The highest BCUT2D eigenvalue weighted by Gasteiger charge is 2.31. The highest BCUT2D eigenvalue weighted by atomic mass is 16.5. The van der Waals surface area contributed by atoms with Gasteiger partial charge in [0.25, 0.3) is 0 Å². The largest absolute Gasteiger partial charge is 0.368 e. The molecule has 2 aromatic heterocycles. The molecular weight excluding hydrogens is 276 g/mol. The molecule has 112 valence electrons. The van der Waals surface area contributed by atoms with E-state index in [1.54, 1.807) is 7.11 Å². The number of benzene rings is 1. The zero-order chi connectivity index (χ0) is 15.6. The van der Waals surface area contributed by atoms with Crippen LogP contribution in [-0.4, -0.2) is 22.1 Å². The summed E-state index contributed by atoms with van der Waals surface area (Å²) in [5.74, 6) is 0.230. The van der Waals surface area contributed by atoms with Crippen LogP contribution >= 0.6 is 0 Å². The Balaban J connectivity index is 2.14. The topological polar surface area (TPSA) is 76.8 Å². The van der Waals surface area contributed by atoms with Crippen LogP contribution in [0.4, 0.5) is 5.95 Å². The van der Waals surface area contributed by atoms with Gasteiger partial charge in [0, 0.05) is 25.1 Å². The summed E-state index contributed by atoms with van der Waals surface area (Å²) in [6.07, 6.45) is 3.72. The molecule has 3 rings (SSSR count). The van der Waals surface area contributed by atoms with Crippen LogP contribution in [0.3, 0.4) is 0 Å². The standard InChI is InChI=1S/C17H18N4O/c1-17(22-2,13-6-4-3-5-7-13)15-10-14(20-16(18)21-15)12-8-9-19-11-12/h3-11,19H,1-2H3,(H2,18,20,21). The molecule has 2 heterocycles. The zero-order valence-electron chi connectivity index (χ0n) is 12.6. The third kappa shape index (κ3) is 2.46. The van der Waals surface area contributed by atoms with Crippen molar-refractivity contribution in [2.45, 2.75) is 12.5 Å². The summed E-state index contributed by atoms with van der Waals surface area (Å²) in [6, 6.07) is 13.8. The Morgan fingerprint density at radius 3 is 2.55 bits per heavy atom. The molecule has 5 nitrogen and oxygen atoms in total. The van der Waals surface area contributed by atoms with E-state index in [2.05, 4.69) is 15.0 Å². The zero-order valence-corrected chi connectivity index (χ0v) is 12.6. The maximum atomic E-state index is 5.91. The monoisotopic (exact) mass is 294 g/mol. The van der Waals surface area contributed by atoms with Crippen molar-refractivity contribution in [3.8, 4) is 11.3 Å². The second kappa shape index (κ2) is 5.61. The fraction of sp³-hybridized carbons (Fsp3) is 0.176. The van der Waals surface area contributed by atoms with Crippen LogP contribution in [0.15, 0.2) is 54.9 Å². The van der Waals surface area contributed by atoms with Crippen molar-refractivity contribution in [1.29, 1.82) is 0 Å². The number of methoxy groups -OCH3 is 1. The minimum atomic E-state index is -0.691. The van der Waals surface area contributed by atoms with Gasteiger partial charge in [0.15, 0.2) is 0 Å². The third-order valence-electron chi connectivity index (χ3n) is 3.86. The summed E-state index contributed by atoms with van der Waals surface area (Å²) in [6.45, 7) is 1.98. The van der Waals surface area contributed by atoms with Gasteiger partial charge in [-0.1, -0.05) is 30.3 Å². The van der Waals surface area contributed by atoms with Gasteiger partial charge in [0.1, 0.15) is 5.60 Å². The molecular formula is C17H18N4O. The number of nitrogens with one attached hydrogen (secondary N) is 1. The molecule has 0 aliphatic carbocycles. The molecule has 1 unspecified atom stereocenters. The SMILES string of the molecule is COC(C)(c1ccccc1)c1cc(-c2cc[nH]c2)nc(N)n1. The van der Waals surface area contributed by atoms with Gasteiger partial charge in [-0.3, -0.25) is 0 Å². The first kappa shape index (κ1) is 14.3. The summed E-state index contributed by atoms with van der Waals surface area (Å²) in [4.78, 5) is 11.7. The number of hydrogen-bond donors (Lipinski definition) is 2. The second-order valence-corrected chi connectivity index (χ2v) is 5.20. The molecule has 0 radical (unpaired) electrons. The molecule has 0 bridgehead atoms. The van der Waals surface area contributed by atoms with E-state index in [9.17, 15) is 0 Å². The lowest BCUT2D eigenvalue weighted by Gasteiger charge is -2.28. The molecule has 0 spiro atoms. The summed E-state index contributed by atoms with van der Waals surface area (Å²) in [7, 11) is 1.67. The lowest BCUT2D eigenvalue weighted by atomic mass is 9.91. The average molecular weight is 294 g/mol. The summed E-state index contributed by atoms with van der Waals surface area (Å²) in [5.41, 5.74) is 8.68. The Bertz CT molecular complexity index is 756. The van der Waals surface area contributed by atoms with E-state index in [4.69, 9.17) is 10.5 Å². The molecule has 0 saturated carbocycles. The number of nitrogen functional groups attached to an aromatic ring is 1. The molecule has 3 aromatic rings. The fourth-order valence-corrected chi connectivity index (χ4v) is 2.47. The molecule has 0 aliphatic rings. The summed E-state index contributed by atoms with van der Waals surface area (Å²) >= 11 is 0. The molecule has 1 aromatic carbocycles. The Kier molecular flexibility index (Phi) is 3.65. The molecule has 5 heteroatoms. The number of aromatic nitrogens is 3. The molecule has 22 heavy (non-hydrogen) atoms. The van der Waals surface area contributed by atoms with E-state index in [1.165, 1.54) is 0 Å². The van der Waals surface area contributed by atoms with Crippen molar-refractivity contribution in [1.82, 2.24) is 15.0 Å². The lowest BCUT2D eigenvalue weighted by Crippen LogP contribution is -2.28. The van der Waals surface area contributed by atoms with E-state index in [1.807, 2.05) is 61.8 Å². The first-order valence-electron chi connectivity index (χ1n) is 7.02. The van der Waals surface area contributed by atoms with Gasteiger partial charge < -0.3 is 15.5 Å². The highest BCUT2D eigenvalue weighted by Crippen LogP contribution is 2.33. The predicted octanol–water partition coefficient (Wildman–Crippen LogP) is 2.96. The molecule has 0 saturated heterocycles.